The number of hydrogen-bond donors (Lipinski definition) is 2. The van der Waals surface area contributed by atoms with Gasteiger partial charge in [-0.2, -0.15) is 0 Å². The van der Waals surface area contributed by atoms with Crippen molar-refractivity contribution in [1.29, 1.82) is 0 Å². The standard InChI is InChI=1S/C16H22N6O3S/c1-17-26(24,25)15-6-4-13(5-7-15)11-18-16(23)21-9-2-3-14(12-21)22-10-8-19-20-22/h4-8,10,14,17H,2-3,9,11-12H2,1H3,(H,18,23). The molecule has 0 radical (unpaired) electrons. The van der Waals surface area contributed by atoms with Crippen molar-refractivity contribution in [2.24, 2.45) is 0 Å². The Balaban J connectivity index is 1.55. The van der Waals surface area contributed by atoms with Crippen molar-refractivity contribution >= 4 is 16.1 Å². The van der Waals surface area contributed by atoms with Crippen LogP contribution in [0.5, 0.6) is 0 Å². The number of amides is 2. The summed E-state index contributed by atoms with van der Waals surface area (Å²) in [6.07, 6.45) is 5.33. The molecule has 0 bridgehead atoms. The van der Waals surface area contributed by atoms with E-state index in [1.165, 1.54) is 19.2 Å². The molecule has 3 rings (SSSR count). The molecule has 0 aliphatic carbocycles. The Labute approximate surface area is 152 Å². The second kappa shape index (κ2) is 7.83. The van der Waals surface area contributed by atoms with Gasteiger partial charge in [0.15, 0.2) is 0 Å². The summed E-state index contributed by atoms with van der Waals surface area (Å²) in [7, 11) is -2.08. The second-order valence-corrected chi connectivity index (χ2v) is 8.02. The predicted molar refractivity (Wildman–Crippen MR) is 94.8 cm³/mol. The van der Waals surface area contributed by atoms with Crippen LogP contribution in [-0.4, -0.2) is 54.5 Å². The third-order valence-corrected chi connectivity index (χ3v) is 5.88. The van der Waals surface area contributed by atoms with Crippen molar-refractivity contribution in [1.82, 2.24) is 29.9 Å². The summed E-state index contributed by atoms with van der Waals surface area (Å²) >= 11 is 0. The average molecular weight is 378 g/mol. The number of carbonyl (C=O) groups excluding carboxylic acids is 1. The SMILES string of the molecule is CNS(=O)(=O)c1ccc(CNC(=O)N2CCCC(n3ccnn3)C2)cc1. The summed E-state index contributed by atoms with van der Waals surface area (Å²) in [5.41, 5.74) is 0.832. The molecular formula is C16H22N6O3S. The number of nitrogens with one attached hydrogen (secondary N) is 2. The van der Waals surface area contributed by atoms with E-state index in [0.29, 0.717) is 19.6 Å². The Bertz CT molecular complexity index is 835. The van der Waals surface area contributed by atoms with Gasteiger partial charge in [0, 0.05) is 25.8 Å². The van der Waals surface area contributed by atoms with Crippen LogP contribution in [0.3, 0.4) is 0 Å². The number of aromatic nitrogens is 3. The highest BCUT2D eigenvalue weighted by Crippen LogP contribution is 2.20. The zero-order chi connectivity index (χ0) is 18.6. The van der Waals surface area contributed by atoms with Gasteiger partial charge in [-0.25, -0.2) is 22.6 Å². The molecule has 2 amide bonds. The maximum Gasteiger partial charge on any atom is 0.317 e. The topological polar surface area (TPSA) is 109 Å². The van der Waals surface area contributed by atoms with Gasteiger partial charge in [-0.1, -0.05) is 17.3 Å². The van der Waals surface area contributed by atoms with Crippen LogP contribution in [-0.2, 0) is 16.6 Å². The summed E-state index contributed by atoms with van der Waals surface area (Å²) in [5.74, 6) is 0. The van der Waals surface area contributed by atoms with E-state index in [4.69, 9.17) is 0 Å². The normalized spacial score (nSPS) is 17.9. The van der Waals surface area contributed by atoms with Crippen LogP contribution in [0.15, 0.2) is 41.6 Å². The Morgan fingerprint density at radius 1 is 1.31 bits per heavy atom. The minimum Gasteiger partial charge on any atom is -0.334 e. The fourth-order valence-corrected chi connectivity index (χ4v) is 3.69. The average Bonchev–Trinajstić information content (AvgIpc) is 3.21. The van der Waals surface area contributed by atoms with E-state index in [2.05, 4.69) is 20.4 Å². The number of nitrogens with zero attached hydrogens (tertiary/aromatic N) is 4. The maximum atomic E-state index is 12.4. The van der Waals surface area contributed by atoms with Crippen LogP contribution in [0.2, 0.25) is 0 Å². The summed E-state index contributed by atoms with van der Waals surface area (Å²) in [6.45, 7) is 1.63. The van der Waals surface area contributed by atoms with Crippen molar-refractivity contribution in [3.63, 3.8) is 0 Å². The molecule has 2 heterocycles. The van der Waals surface area contributed by atoms with Crippen molar-refractivity contribution in [3.05, 3.63) is 42.2 Å². The lowest BCUT2D eigenvalue weighted by molar-refractivity contribution is 0.162. The molecular weight excluding hydrogens is 356 g/mol. The van der Waals surface area contributed by atoms with Gasteiger partial charge in [0.25, 0.3) is 0 Å². The van der Waals surface area contributed by atoms with Crippen molar-refractivity contribution in [2.75, 3.05) is 20.1 Å². The van der Waals surface area contributed by atoms with Crippen LogP contribution in [0.1, 0.15) is 24.4 Å². The summed E-state index contributed by atoms with van der Waals surface area (Å²) < 4.78 is 27.5. The fraction of sp³-hybridized carbons (Fsp3) is 0.438. The molecule has 1 aromatic heterocycles. The van der Waals surface area contributed by atoms with Gasteiger partial charge in [-0.15, -0.1) is 5.10 Å². The molecule has 1 aliphatic rings. The van der Waals surface area contributed by atoms with Gasteiger partial charge in [-0.3, -0.25) is 0 Å². The van der Waals surface area contributed by atoms with Gasteiger partial charge in [0.2, 0.25) is 10.0 Å². The molecule has 0 saturated carbocycles. The zero-order valence-corrected chi connectivity index (χ0v) is 15.3. The lowest BCUT2D eigenvalue weighted by Crippen LogP contribution is -2.45. The van der Waals surface area contributed by atoms with Gasteiger partial charge in [0.1, 0.15) is 0 Å². The van der Waals surface area contributed by atoms with Crippen LogP contribution in [0, 0.1) is 0 Å². The molecule has 1 saturated heterocycles. The first-order valence-corrected chi connectivity index (χ1v) is 9.89. The van der Waals surface area contributed by atoms with Crippen molar-refractivity contribution < 1.29 is 13.2 Å². The first-order chi connectivity index (χ1) is 12.5. The molecule has 1 atom stereocenters. The highest BCUT2D eigenvalue weighted by Gasteiger charge is 2.25. The molecule has 1 fully saturated rings. The highest BCUT2D eigenvalue weighted by molar-refractivity contribution is 7.89. The van der Waals surface area contributed by atoms with Gasteiger partial charge < -0.3 is 10.2 Å². The van der Waals surface area contributed by atoms with Crippen molar-refractivity contribution in [2.45, 2.75) is 30.3 Å². The minimum absolute atomic E-state index is 0.137. The third kappa shape index (κ3) is 4.20. The van der Waals surface area contributed by atoms with Crippen LogP contribution < -0.4 is 10.0 Å². The maximum absolute atomic E-state index is 12.4. The lowest BCUT2D eigenvalue weighted by Gasteiger charge is -2.32. The summed E-state index contributed by atoms with van der Waals surface area (Å²) in [5, 5.41) is 10.7. The number of benzene rings is 1. The molecule has 140 valence electrons. The van der Waals surface area contributed by atoms with E-state index in [1.807, 2.05) is 6.20 Å². The molecule has 1 unspecified atom stereocenters. The number of carbonyl (C=O) groups is 1. The van der Waals surface area contributed by atoms with E-state index >= 15 is 0 Å². The molecule has 26 heavy (non-hydrogen) atoms. The third-order valence-electron chi connectivity index (χ3n) is 4.44. The largest absolute Gasteiger partial charge is 0.334 e. The second-order valence-electron chi connectivity index (χ2n) is 6.14. The molecule has 0 spiro atoms. The summed E-state index contributed by atoms with van der Waals surface area (Å²) in [4.78, 5) is 14.4. The highest BCUT2D eigenvalue weighted by atomic mass is 32.2. The first kappa shape index (κ1) is 18.3. The van der Waals surface area contributed by atoms with E-state index in [9.17, 15) is 13.2 Å². The summed E-state index contributed by atoms with van der Waals surface area (Å²) in [6, 6.07) is 6.44. The quantitative estimate of drug-likeness (QED) is 0.797. The molecule has 1 aliphatic heterocycles. The monoisotopic (exact) mass is 378 g/mol. The van der Waals surface area contributed by atoms with Crippen molar-refractivity contribution in [3.8, 4) is 0 Å². The van der Waals surface area contributed by atoms with Crippen LogP contribution in [0.4, 0.5) is 4.79 Å². The Hall–Kier alpha value is -2.46. The van der Waals surface area contributed by atoms with Gasteiger partial charge in [0.05, 0.1) is 17.1 Å². The molecule has 1 aromatic carbocycles. The predicted octanol–water partition coefficient (Wildman–Crippen LogP) is 0.733. The van der Waals surface area contributed by atoms with Crippen LogP contribution in [0.25, 0.3) is 0 Å². The number of likely N-dealkylation sites (tertiary alicyclic amines) is 1. The smallest absolute Gasteiger partial charge is 0.317 e. The molecule has 10 heteroatoms. The van der Waals surface area contributed by atoms with E-state index < -0.39 is 10.0 Å². The number of sulfonamides is 1. The Morgan fingerprint density at radius 2 is 2.08 bits per heavy atom. The van der Waals surface area contributed by atoms with Gasteiger partial charge >= 0.3 is 6.03 Å². The number of urea groups is 1. The van der Waals surface area contributed by atoms with E-state index in [1.54, 1.807) is 27.9 Å². The fourth-order valence-electron chi connectivity index (χ4n) is 2.96. The van der Waals surface area contributed by atoms with Crippen LogP contribution >= 0.6 is 0 Å². The number of piperidine rings is 1. The Morgan fingerprint density at radius 3 is 2.73 bits per heavy atom. The zero-order valence-electron chi connectivity index (χ0n) is 14.5. The minimum atomic E-state index is -3.45. The molecule has 9 nitrogen and oxygen atoms in total. The van der Waals surface area contributed by atoms with E-state index in [0.717, 1.165) is 18.4 Å². The molecule has 2 N–H and O–H groups in total. The Kier molecular flexibility index (Phi) is 5.52. The van der Waals surface area contributed by atoms with E-state index in [-0.39, 0.29) is 17.0 Å². The number of hydrogen-bond acceptors (Lipinski definition) is 5. The first-order valence-electron chi connectivity index (χ1n) is 8.40. The molecule has 2 aromatic rings. The number of rotatable bonds is 5. The van der Waals surface area contributed by atoms with Gasteiger partial charge in [-0.05, 0) is 37.6 Å². The lowest BCUT2D eigenvalue weighted by atomic mass is 10.1.